The monoisotopic (exact) mass is 326 g/mol. The molecule has 0 unspecified atom stereocenters. The Morgan fingerprint density at radius 2 is 2.04 bits per heavy atom. The number of H-pyrrole nitrogens is 1. The molecule has 24 heavy (non-hydrogen) atoms. The van der Waals surface area contributed by atoms with Gasteiger partial charge in [0.2, 0.25) is 5.95 Å². The minimum atomic E-state index is -0.615. The summed E-state index contributed by atoms with van der Waals surface area (Å²) in [5.41, 5.74) is 8.37. The Bertz CT molecular complexity index is 866. The fraction of sp³-hybridized carbons (Fsp3) is 0.312. The minimum absolute atomic E-state index is 0.153. The standard InChI is InChI=1S/C16H18N6O2/c17-16-20-12-5-8(11-3-4-18-22-11)1-2-10(12)15(21-16)19-13-6-9(23)7-14(13)24/h1-5,9,13-14,23-24H,6-7H2,(H,18,22)(H3,17,19,20,21)/t9-,13-,14-/m0/s1. The Balaban J connectivity index is 1.73. The fourth-order valence-corrected chi connectivity index (χ4v) is 3.16. The number of nitrogens with zero attached hydrogens (tertiary/aromatic N) is 3. The van der Waals surface area contributed by atoms with Gasteiger partial charge in [-0.25, -0.2) is 4.98 Å². The number of nitrogen functional groups attached to an aromatic ring is 1. The summed E-state index contributed by atoms with van der Waals surface area (Å²) in [6, 6.07) is 7.38. The van der Waals surface area contributed by atoms with Gasteiger partial charge in [-0.2, -0.15) is 10.1 Å². The summed E-state index contributed by atoms with van der Waals surface area (Å²) < 4.78 is 0. The Morgan fingerprint density at radius 1 is 1.17 bits per heavy atom. The summed E-state index contributed by atoms with van der Waals surface area (Å²) >= 11 is 0. The van der Waals surface area contributed by atoms with Crippen molar-refractivity contribution < 1.29 is 10.2 Å². The summed E-state index contributed by atoms with van der Waals surface area (Å²) in [6.45, 7) is 0. The number of fused-ring (bicyclic) bond motifs is 1. The zero-order chi connectivity index (χ0) is 16.7. The van der Waals surface area contributed by atoms with Gasteiger partial charge in [-0.3, -0.25) is 5.10 Å². The van der Waals surface area contributed by atoms with Gasteiger partial charge in [0, 0.05) is 23.6 Å². The first-order valence-corrected chi connectivity index (χ1v) is 7.80. The molecular formula is C16H18N6O2. The lowest BCUT2D eigenvalue weighted by Crippen LogP contribution is -2.28. The van der Waals surface area contributed by atoms with E-state index >= 15 is 0 Å². The number of hydrogen-bond donors (Lipinski definition) is 5. The highest BCUT2D eigenvalue weighted by Crippen LogP contribution is 2.29. The van der Waals surface area contributed by atoms with E-state index < -0.39 is 12.2 Å². The van der Waals surface area contributed by atoms with Crippen LogP contribution in [-0.4, -0.2) is 48.6 Å². The highest BCUT2D eigenvalue weighted by molar-refractivity contribution is 5.92. The van der Waals surface area contributed by atoms with Crippen molar-refractivity contribution in [2.24, 2.45) is 0 Å². The summed E-state index contributed by atoms with van der Waals surface area (Å²) in [5, 5.41) is 30.6. The first kappa shape index (κ1) is 14.9. The van der Waals surface area contributed by atoms with Crippen LogP contribution in [-0.2, 0) is 0 Å². The summed E-state index contributed by atoms with van der Waals surface area (Å²) in [5.74, 6) is 0.714. The van der Waals surface area contributed by atoms with E-state index in [4.69, 9.17) is 5.73 Å². The molecule has 0 bridgehead atoms. The third kappa shape index (κ3) is 2.66. The van der Waals surface area contributed by atoms with Crippen LogP contribution in [0.4, 0.5) is 11.8 Å². The summed E-state index contributed by atoms with van der Waals surface area (Å²) in [6.07, 6.45) is 1.40. The average molecular weight is 326 g/mol. The molecule has 2 heterocycles. The van der Waals surface area contributed by atoms with Gasteiger partial charge < -0.3 is 21.3 Å². The number of hydrogen-bond acceptors (Lipinski definition) is 7. The van der Waals surface area contributed by atoms with Crippen molar-refractivity contribution in [1.82, 2.24) is 20.2 Å². The second kappa shape index (κ2) is 5.73. The van der Waals surface area contributed by atoms with Crippen LogP contribution < -0.4 is 11.1 Å². The van der Waals surface area contributed by atoms with Crippen LogP contribution in [0.15, 0.2) is 30.5 Å². The maximum Gasteiger partial charge on any atom is 0.222 e. The molecule has 0 aliphatic heterocycles. The Hall–Kier alpha value is -2.71. The number of aliphatic hydroxyl groups is 2. The van der Waals surface area contributed by atoms with Crippen LogP contribution in [0.2, 0.25) is 0 Å². The molecule has 124 valence electrons. The van der Waals surface area contributed by atoms with E-state index in [0.717, 1.165) is 16.6 Å². The molecule has 0 amide bonds. The van der Waals surface area contributed by atoms with Crippen molar-refractivity contribution >= 4 is 22.7 Å². The van der Waals surface area contributed by atoms with Crippen LogP contribution in [0.3, 0.4) is 0 Å². The van der Waals surface area contributed by atoms with Crippen molar-refractivity contribution in [2.75, 3.05) is 11.1 Å². The normalized spacial score (nSPS) is 23.7. The predicted molar refractivity (Wildman–Crippen MR) is 90.2 cm³/mol. The van der Waals surface area contributed by atoms with Gasteiger partial charge in [0.05, 0.1) is 29.5 Å². The van der Waals surface area contributed by atoms with Crippen molar-refractivity contribution in [1.29, 1.82) is 0 Å². The number of aliphatic hydroxyl groups excluding tert-OH is 2. The van der Waals surface area contributed by atoms with Gasteiger partial charge in [-0.05, 0) is 24.6 Å². The topological polar surface area (TPSA) is 133 Å². The van der Waals surface area contributed by atoms with Crippen LogP contribution in [0.25, 0.3) is 22.2 Å². The molecule has 1 saturated carbocycles. The lowest BCUT2D eigenvalue weighted by atomic mass is 10.1. The lowest BCUT2D eigenvalue weighted by molar-refractivity contribution is 0.134. The maximum absolute atomic E-state index is 10.0. The second-order valence-corrected chi connectivity index (χ2v) is 6.08. The number of rotatable bonds is 3. The molecule has 3 aromatic rings. The van der Waals surface area contributed by atoms with Gasteiger partial charge in [-0.1, -0.05) is 6.07 Å². The van der Waals surface area contributed by atoms with E-state index in [9.17, 15) is 10.2 Å². The largest absolute Gasteiger partial charge is 0.393 e. The van der Waals surface area contributed by atoms with Crippen LogP contribution >= 0.6 is 0 Å². The number of nitrogens with one attached hydrogen (secondary N) is 2. The summed E-state index contributed by atoms with van der Waals surface area (Å²) in [7, 11) is 0. The molecule has 0 spiro atoms. The highest BCUT2D eigenvalue weighted by atomic mass is 16.3. The van der Waals surface area contributed by atoms with E-state index in [0.29, 0.717) is 24.2 Å². The maximum atomic E-state index is 10.0. The van der Waals surface area contributed by atoms with Crippen LogP contribution in [0, 0.1) is 0 Å². The quantitative estimate of drug-likeness (QED) is 0.483. The molecular weight excluding hydrogens is 308 g/mol. The molecule has 0 radical (unpaired) electrons. The predicted octanol–water partition coefficient (Wildman–Crippen LogP) is 0.898. The Labute approximate surface area is 137 Å². The van der Waals surface area contributed by atoms with E-state index in [-0.39, 0.29) is 12.0 Å². The molecule has 1 aliphatic carbocycles. The lowest BCUT2D eigenvalue weighted by Gasteiger charge is -2.18. The number of benzene rings is 1. The fourth-order valence-electron chi connectivity index (χ4n) is 3.16. The Kier molecular flexibility index (Phi) is 3.55. The third-order valence-electron chi connectivity index (χ3n) is 4.35. The van der Waals surface area contributed by atoms with Gasteiger partial charge in [0.1, 0.15) is 5.82 Å². The SMILES string of the molecule is Nc1nc(N[C@H]2C[C@H](O)C[C@@H]2O)c2ccc(-c3ccn[nH]3)cc2n1. The van der Waals surface area contributed by atoms with E-state index in [1.807, 2.05) is 24.3 Å². The zero-order valence-corrected chi connectivity index (χ0v) is 12.8. The number of aromatic amines is 1. The van der Waals surface area contributed by atoms with Crippen molar-refractivity contribution in [2.45, 2.75) is 31.1 Å². The van der Waals surface area contributed by atoms with E-state index in [2.05, 4.69) is 25.5 Å². The summed E-state index contributed by atoms with van der Waals surface area (Å²) in [4.78, 5) is 8.56. The molecule has 8 heteroatoms. The molecule has 8 nitrogen and oxygen atoms in total. The first-order valence-electron chi connectivity index (χ1n) is 7.80. The molecule has 2 aromatic heterocycles. The molecule has 1 aliphatic rings. The number of aromatic nitrogens is 4. The van der Waals surface area contributed by atoms with Crippen molar-refractivity contribution in [3.8, 4) is 11.3 Å². The molecule has 4 rings (SSSR count). The van der Waals surface area contributed by atoms with Gasteiger partial charge in [-0.15, -0.1) is 0 Å². The van der Waals surface area contributed by atoms with Crippen LogP contribution in [0.1, 0.15) is 12.8 Å². The van der Waals surface area contributed by atoms with Gasteiger partial charge in [0.15, 0.2) is 0 Å². The molecule has 6 N–H and O–H groups in total. The molecule has 1 fully saturated rings. The average Bonchev–Trinajstić information content (AvgIpc) is 3.17. The van der Waals surface area contributed by atoms with Crippen molar-refractivity contribution in [3.63, 3.8) is 0 Å². The van der Waals surface area contributed by atoms with Gasteiger partial charge >= 0.3 is 0 Å². The molecule has 1 aromatic carbocycles. The smallest absolute Gasteiger partial charge is 0.222 e. The Morgan fingerprint density at radius 3 is 2.75 bits per heavy atom. The minimum Gasteiger partial charge on any atom is -0.393 e. The highest BCUT2D eigenvalue weighted by Gasteiger charge is 2.32. The number of nitrogens with two attached hydrogens (primary N) is 1. The molecule has 3 atom stereocenters. The third-order valence-corrected chi connectivity index (χ3v) is 4.35. The van der Waals surface area contributed by atoms with Crippen LogP contribution in [0.5, 0.6) is 0 Å². The molecule has 0 saturated heterocycles. The number of anilines is 2. The zero-order valence-electron chi connectivity index (χ0n) is 12.8. The van der Waals surface area contributed by atoms with E-state index in [1.54, 1.807) is 6.20 Å². The second-order valence-electron chi connectivity index (χ2n) is 6.08. The van der Waals surface area contributed by atoms with E-state index in [1.165, 1.54) is 0 Å². The van der Waals surface area contributed by atoms with Gasteiger partial charge in [0.25, 0.3) is 0 Å². The van der Waals surface area contributed by atoms with Crippen molar-refractivity contribution in [3.05, 3.63) is 30.5 Å². The first-order chi connectivity index (χ1) is 11.6.